The summed E-state index contributed by atoms with van der Waals surface area (Å²) in [6.07, 6.45) is 5.99. The van der Waals surface area contributed by atoms with E-state index in [1.165, 1.54) is 11.1 Å². The van der Waals surface area contributed by atoms with Crippen molar-refractivity contribution >= 4 is 35.4 Å². The molecule has 174 valence electrons. The van der Waals surface area contributed by atoms with Crippen LogP contribution < -0.4 is 0 Å². The predicted molar refractivity (Wildman–Crippen MR) is 131 cm³/mol. The summed E-state index contributed by atoms with van der Waals surface area (Å²) in [5.74, 6) is 0.228. The molecule has 0 spiro atoms. The van der Waals surface area contributed by atoms with Gasteiger partial charge in [0.2, 0.25) is 9.84 Å². The molecule has 2 aromatic carbocycles. The van der Waals surface area contributed by atoms with Crippen molar-refractivity contribution in [2.75, 3.05) is 0 Å². The van der Waals surface area contributed by atoms with Gasteiger partial charge in [0.15, 0.2) is 5.04 Å². The monoisotopic (exact) mass is 530 g/mol. The Kier molecular flexibility index (Phi) is 6.07. The van der Waals surface area contributed by atoms with Gasteiger partial charge in [0.25, 0.3) is 0 Å². The Morgan fingerprint density at radius 2 is 1.73 bits per heavy atom. The normalized spacial score (nSPS) is 29.7. The molecule has 6 rings (SSSR count). The zero-order valence-electron chi connectivity index (χ0n) is 18.5. The number of sulfone groups is 1. The van der Waals surface area contributed by atoms with E-state index in [4.69, 9.17) is 9.68 Å². The van der Waals surface area contributed by atoms with E-state index in [-0.39, 0.29) is 28.6 Å². The van der Waals surface area contributed by atoms with E-state index in [0.717, 1.165) is 43.1 Å². The number of rotatable bonds is 1. The number of nitrogens with zero attached hydrogens (tertiary/aromatic N) is 2. The fourth-order valence-corrected chi connectivity index (χ4v) is 7.61. The van der Waals surface area contributed by atoms with Gasteiger partial charge in [-0.3, -0.25) is 0 Å². The molecule has 2 heterocycles. The Morgan fingerprint density at radius 3 is 2.55 bits per heavy atom. The summed E-state index contributed by atoms with van der Waals surface area (Å²) in [5.41, 5.74) is 2.64. The molecule has 4 atom stereocenters. The number of oxime groups is 2. The molecule has 0 radical (unpaired) electrons. The van der Waals surface area contributed by atoms with E-state index in [1.54, 1.807) is 30.3 Å². The molecule has 4 unspecified atom stereocenters. The van der Waals surface area contributed by atoms with Gasteiger partial charge in [-0.15, -0.1) is 0 Å². The SMILES string of the molecule is CC12CCc3ccccc3C1C(Br)=NO2.O=S(=O)(C1=NOC2CCCCC12)c1ccccc1. The number of hydrogen-bond acceptors (Lipinski definition) is 6. The first kappa shape index (κ1) is 22.6. The van der Waals surface area contributed by atoms with Gasteiger partial charge in [0, 0.05) is 0 Å². The van der Waals surface area contributed by atoms with E-state index >= 15 is 0 Å². The smallest absolute Gasteiger partial charge is 0.223 e. The van der Waals surface area contributed by atoms with Crippen LogP contribution in [0, 0.1) is 5.92 Å². The van der Waals surface area contributed by atoms with Crippen molar-refractivity contribution in [2.45, 2.75) is 68.0 Å². The predicted octanol–water partition coefficient (Wildman–Crippen LogP) is 5.58. The van der Waals surface area contributed by atoms with E-state index in [2.05, 4.69) is 57.4 Å². The molecule has 33 heavy (non-hydrogen) atoms. The van der Waals surface area contributed by atoms with Gasteiger partial charge in [0.05, 0.1) is 16.7 Å². The minimum Gasteiger partial charge on any atom is -0.391 e. The van der Waals surface area contributed by atoms with Gasteiger partial charge in [-0.2, -0.15) is 0 Å². The highest BCUT2D eigenvalue weighted by Crippen LogP contribution is 2.47. The maximum Gasteiger partial charge on any atom is 0.223 e. The van der Waals surface area contributed by atoms with Crippen molar-refractivity contribution in [3.05, 3.63) is 65.7 Å². The van der Waals surface area contributed by atoms with Gasteiger partial charge in [0.1, 0.15) is 16.3 Å². The molecule has 2 aromatic rings. The number of fused-ring (bicyclic) bond motifs is 4. The molecule has 2 aliphatic heterocycles. The Morgan fingerprint density at radius 1 is 1.00 bits per heavy atom. The summed E-state index contributed by atoms with van der Waals surface area (Å²) >= 11 is 3.51. The Bertz CT molecular complexity index is 1200. The number of aryl methyl sites for hydroxylation is 1. The molecule has 1 saturated carbocycles. The summed E-state index contributed by atoms with van der Waals surface area (Å²) in [7, 11) is -3.48. The zero-order valence-corrected chi connectivity index (χ0v) is 20.9. The van der Waals surface area contributed by atoms with Crippen molar-refractivity contribution in [1.82, 2.24) is 0 Å². The number of halogens is 1. The van der Waals surface area contributed by atoms with Gasteiger partial charge < -0.3 is 9.68 Å². The highest BCUT2D eigenvalue weighted by atomic mass is 79.9. The molecule has 2 aliphatic carbocycles. The third kappa shape index (κ3) is 4.12. The van der Waals surface area contributed by atoms with Crippen LogP contribution in [-0.2, 0) is 25.9 Å². The maximum absolute atomic E-state index is 12.5. The number of benzene rings is 2. The lowest BCUT2D eigenvalue weighted by Gasteiger charge is -2.34. The lowest BCUT2D eigenvalue weighted by atomic mass is 9.74. The third-order valence-electron chi connectivity index (χ3n) is 7.07. The summed E-state index contributed by atoms with van der Waals surface area (Å²) in [6, 6.07) is 17.0. The molecule has 0 amide bonds. The summed E-state index contributed by atoms with van der Waals surface area (Å²) in [6.45, 7) is 2.14. The van der Waals surface area contributed by atoms with E-state index < -0.39 is 9.84 Å². The zero-order chi connectivity index (χ0) is 23.1. The van der Waals surface area contributed by atoms with Crippen LogP contribution in [-0.4, -0.2) is 29.8 Å². The molecular formula is C25H27BrN2O4S. The van der Waals surface area contributed by atoms with Crippen molar-refractivity contribution in [3.8, 4) is 0 Å². The average Bonchev–Trinajstić information content (AvgIpc) is 3.42. The van der Waals surface area contributed by atoms with Crippen molar-refractivity contribution in [3.63, 3.8) is 0 Å². The van der Waals surface area contributed by atoms with E-state index in [1.807, 2.05) is 0 Å². The Labute approximate surface area is 203 Å². The van der Waals surface area contributed by atoms with Crippen LogP contribution in [0.3, 0.4) is 0 Å². The van der Waals surface area contributed by atoms with Crippen molar-refractivity contribution in [1.29, 1.82) is 0 Å². The second-order valence-corrected chi connectivity index (χ2v) is 11.9. The first-order valence-electron chi connectivity index (χ1n) is 11.4. The van der Waals surface area contributed by atoms with Crippen molar-refractivity contribution < 1.29 is 18.1 Å². The molecule has 0 aromatic heterocycles. The standard InChI is InChI=1S/C13H15NO3S.C12H12BrNO/c15-18(16,10-6-2-1-3-7-10)13-11-8-4-5-9-12(11)17-14-13;1-12-7-6-8-4-2-3-5-9(8)10(12)11(13)14-15-12/h1-3,6-7,11-12H,4-5,8-9H2;2-5,10H,6-7H2,1H3. The minimum absolute atomic E-state index is 0.0350. The van der Waals surface area contributed by atoms with Gasteiger partial charge in [-0.1, -0.05) is 59.2 Å². The quantitative estimate of drug-likeness (QED) is 0.482. The van der Waals surface area contributed by atoms with E-state index in [0.29, 0.717) is 4.90 Å². The molecule has 0 N–H and O–H groups in total. The third-order valence-corrected chi connectivity index (χ3v) is 9.50. The average molecular weight is 531 g/mol. The molecule has 0 saturated heterocycles. The Hall–Kier alpha value is -2.19. The fourth-order valence-electron chi connectivity index (χ4n) is 5.24. The van der Waals surface area contributed by atoms with Crippen LogP contribution in [0.1, 0.15) is 56.1 Å². The molecule has 4 aliphatic rings. The summed E-state index contributed by atoms with van der Waals surface area (Å²) in [4.78, 5) is 11.1. The number of hydrogen-bond donors (Lipinski definition) is 0. The van der Waals surface area contributed by atoms with Crippen molar-refractivity contribution in [2.24, 2.45) is 16.2 Å². The topological polar surface area (TPSA) is 77.3 Å². The fraction of sp³-hybridized carbons (Fsp3) is 0.440. The van der Waals surface area contributed by atoms with Gasteiger partial charge >= 0.3 is 0 Å². The molecule has 0 bridgehead atoms. The van der Waals surface area contributed by atoms with Crippen LogP contribution in [0.2, 0.25) is 0 Å². The summed E-state index contributed by atoms with van der Waals surface area (Å²) in [5, 5.41) is 8.16. The van der Waals surface area contributed by atoms with E-state index in [9.17, 15) is 8.42 Å². The lowest BCUT2D eigenvalue weighted by Crippen LogP contribution is -2.37. The maximum atomic E-state index is 12.5. The van der Waals surface area contributed by atoms with Crippen LogP contribution in [0.5, 0.6) is 0 Å². The van der Waals surface area contributed by atoms with Crippen LogP contribution in [0.4, 0.5) is 0 Å². The lowest BCUT2D eigenvalue weighted by molar-refractivity contribution is -0.0238. The van der Waals surface area contributed by atoms with Gasteiger partial charge in [-0.25, -0.2) is 8.42 Å². The molecular weight excluding hydrogens is 504 g/mol. The molecule has 8 heteroatoms. The Balaban J connectivity index is 0.000000140. The second-order valence-electron chi connectivity index (χ2n) is 9.23. The second kappa shape index (κ2) is 8.87. The first-order chi connectivity index (χ1) is 15.9. The van der Waals surface area contributed by atoms with Crippen LogP contribution in [0.25, 0.3) is 0 Å². The van der Waals surface area contributed by atoms with Crippen LogP contribution >= 0.6 is 15.9 Å². The van der Waals surface area contributed by atoms with Crippen LogP contribution in [0.15, 0.2) is 69.8 Å². The summed E-state index contributed by atoms with van der Waals surface area (Å²) < 4.78 is 25.9. The largest absolute Gasteiger partial charge is 0.391 e. The molecule has 1 fully saturated rings. The minimum atomic E-state index is -3.48. The first-order valence-corrected chi connectivity index (χ1v) is 13.7. The molecule has 6 nitrogen and oxygen atoms in total. The van der Waals surface area contributed by atoms with Gasteiger partial charge in [-0.05, 0) is 78.2 Å². The highest BCUT2D eigenvalue weighted by molar-refractivity contribution is 9.18. The highest BCUT2D eigenvalue weighted by Gasteiger charge is 2.48.